The number of nitrogens with zero attached hydrogens (tertiary/aromatic N) is 4. The molecule has 0 unspecified atom stereocenters. The lowest BCUT2D eigenvalue weighted by atomic mass is 10.00. The first-order valence-electron chi connectivity index (χ1n) is 12.3. The maximum atomic E-state index is 11.7. The van der Waals surface area contributed by atoms with Gasteiger partial charge in [0.2, 0.25) is 0 Å². The van der Waals surface area contributed by atoms with Gasteiger partial charge in [-0.1, -0.05) is 11.2 Å². The van der Waals surface area contributed by atoms with Crippen molar-refractivity contribution < 1.29 is 19.2 Å². The second-order valence-electron chi connectivity index (χ2n) is 9.51. The van der Waals surface area contributed by atoms with Crippen LogP contribution in [-0.4, -0.2) is 36.9 Å². The predicted octanol–water partition coefficient (Wildman–Crippen LogP) is 6.22. The van der Waals surface area contributed by atoms with E-state index in [-0.39, 0.29) is 17.7 Å². The van der Waals surface area contributed by atoms with Crippen LogP contribution in [0, 0.1) is 13.8 Å². The lowest BCUT2D eigenvalue weighted by Gasteiger charge is -2.14. The molecule has 1 saturated carbocycles. The Kier molecular flexibility index (Phi) is 5.52. The summed E-state index contributed by atoms with van der Waals surface area (Å²) >= 11 is 0. The molecule has 1 atom stereocenters. The highest BCUT2D eigenvalue weighted by atomic mass is 16.5. The van der Waals surface area contributed by atoms with E-state index in [1.54, 1.807) is 18.3 Å². The van der Waals surface area contributed by atoms with Gasteiger partial charge in [0.1, 0.15) is 17.2 Å². The average Bonchev–Trinajstić information content (AvgIpc) is 3.55. The molecule has 0 amide bonds. The van der Waals surface area contributed by atoms with E-state index in [9.17, 15) is 9.90 Å². The molecule has 186 valence electrons. The maximum absolute atomic E-state index is 11.7. The highest BCUT2D eigenvalue weighted by molar-refractivity contribution is 5.99. The number of benzene rings is 1. The second-order valence-corrected chi connectivity index (χ2v) is 9.51. The van der Waals surface area contributed by atoms with Crippen LogP contribution in [0.3, 0.4) is 0 Å². The summed E-state index contributed by atoms with van der Waals surface area (Å²) in [5.41, 5.74) is 6.26. The Balaban J connectivity index is 1.59. The van der Waals surface area contributed by atoms with E-state index in [1.807, 2.05) is 44.3 Å². The minimum absolute atomic E-state index is 0.0824. The zero-order valence-corrected chi connectivity index (χ0v) is 20.8. The van der Waals surface area contributed by atoms with Crippen LogP contribution in [0.4, 0.5) is 0 Å². The lowest BCUT2D eigenvalue weighted by molar-refractivity contribution is 0.0696. The molecule has 0 radical (unpaired) electrons. The Morgan fingerprint density at radius 3 is 2.65 bits per heavy atom. The Bertz CT molecular complexity index is 1610. The zero-order chi connectivity index (χ0) is 25.7. The van der Waals surface area contributed by atoms with Gasteiger partial charge in [-0.05, 0) is 70.0 Å². The van der Waals surface area contributed by atoms with Crippen molar-refractivity contribution in [2.45, 2.75) is 45.8 Å². The van der Waals surface area contributed by atoms with Crippen LogP contribution < -0.4 is 4.74 Å². The number of carboxylic acid groups (broad SMARTS) is 1. The van der Waals surface area contributed by atoms with Gasteiger partial charge in [-0.25, -0.2) is 9.78 Å². The van der Waals surface area contributed by atoms with Crippen molar-refractivity contribution in [3.05, 3.63) is 83.8 Å². The molecular formula is C29H26N4O4. The molecule has 0 aliphatic heterocycles. The molecule has 0 spiro atoms. The molecule has 1 aliphatic rings. The second kappa shape index (κ2) is 8.89. The van der Waals surface area contributed by atoms with E-state index in [0.717, 1.165) is 63.3 Å². The van der Waals surface area contributed by atoms with Gasteiger partial charge in [0.25, 0.3) is 0 Å². The largest absolute Gasteiger partial charge is 0.490 e. The molecule has 0 bridgehead atoms. The van der Waals surface area contributed by atoms with Crippen molar-refractivity contribution in [2.75, 3.05) is 0 Å². The molecule has 1 N–H and O–H groups in total. The molecule has 4 heterocycles. The molecule has 0 saturated heterocycles. The topological polar surface area (TPSA) is 103 Å². The number of carboxylic acids is 1. The first-order valence-corrected chi connectivity index (χ1v) is 12.3. The van der Waals surface area contributed by atoms with E-state index in [1.165, 1.54) is 0 Å². The third-order valence-electron chi connectivity index (χ3n) is 6.86. The average molecular weight is 495 g/mol. The molecule has 1 aliphatic carbocycles. The predicted molar refractivity (Wildman–Crippen MR) is 139 cm³/mol. The molecule has 1 fully saturated rings. The van der Waals surface area contributed by atoms with Crippen LogP contribution in [0.2, 0.25) is 0 Å². The summed E-state index contributed by atoms with van der Waals surface area (Å²) in [4.78, 5) is 21.2. The molecule has 8 nitrogen and oxygen atoms in total. The number of ether oxygens (including phenoxy) is 1. The quantitative estimate of drug-likeness (QED) is 0.286. The molecule has 5 aromatic rings. The lowest BCUT2D eigenvalue weighted by Crippen LogP contribution is -2.07. The summed E-state index contributed by atoms with van der Waals surface area (Å²) in [5, 5.41) is 14.6. The summed E-state index contributed by atoms with van der Waals surface area (Å²) in [6.45, 7) is 5.89. The molecule has 37 heavy (non-hydrogen) atoms. The standard InChI is InChI=1S/C29H26N4O4/c1-16-27(18(3)37-32-16)20-12-23-24(22-10-7-19(29(34)35)13-26(22)36-21-8-9-21)15-33(28(23)31-14-20)17(2)25-6-4-5-11-30-25/h4-7,10-15,17,21H,8-9H2,1-3H3,(H,34,35)/t17-/m0/s1. The summed E-state index contributed by atoms with van der Waals surface area (Å²) in [6.07, 6.45) is 7.73. The monoisotopic (exact) mass is 494 g/mol. The maximum Gasteiger partial charge on any atom is 0.335 e. The van der Waals surface area contributed by atoms with E-state index >= 15 is 0 Å². The van der Waals surface area contributed by atoms with Crippen molar-refractivity contribution in [3.63, 3.8) is 0 Å². The van der Waals surface area contributed by atoms with Gasteiger partial charge in [-0.15, -0.1) is 0 Å². The van der Waals surface area contributed by atoms with Crippen molar-refractivity contribution in [3.8, 4) is 28.0 Å². The minimum atomic E-state index is -0.985. The first kappa shape index (κ1) is 23.0. The van der Waals surface area contributed by atoms with Crippen LogP contribution in [0.5, 0.6) is 5.75 Å². The Morgan fingerprint density at radius 1 is 1.14 bits per heavy atom. The number of aromatic carboxylic acids is 1. The Labute approximate surface area is 213 Å². The number of fused-ring (bicyclic) bond motifs is 1. The van der Waals surface area contributed by atoms with E-state index in [2.05, 4.69) is 33.9 Å². The molecular weight excluding hydrogens is 468 g/mol. The van der Waals surface area contributed by atoms with Crippen LogP contribution in [-0.2, 0) is 0 Å². The highest BCUT2D eigenvalue weighted by Gasteiger charge is 2.27. The Morgan fingerprint density at radius 2 is 1.97 bits per heavy atom. The highest BCUT2D eigenvalue weighted by Crippen LogP contribution is 2.42. The van der Waals surface area contributed by atoms with Gasteiger partial charge in [-0.3, -0.25) is 4.98 Å². The minimum Gasteiger partial charge on any atom is -0.490 e. The van der Waals surface area contributed by atoms with Crippen molar-refractivity contribution in [1.82, 2.24) is 19.7 Å². The van der Waals surface area contributed by atoms with Gasteiger partial charge >= 0.3 is 5.97 Å². The number of carbonyl (C=O) groups is 1. The summed E-state index contributed by atoms with van der Waals surface area (Å²) in [7, 11) is 0. The number of pyridine rings is 2. The van der Waals surface area contributed by atoms with E-state index in [4.69, 9.17) is 14.2 Å². The SMILES string of the molecule is Cc1noc(C)c1-c1cnc2c(c1)c(-c1ccc(C(=O)O)cc1OC1CC1)cn2[C@@H](C)c1ccccn1. The third-order valence-corrected chi connectivity index (χ3v) is 6.86. The zero-order valence-electron chi connectivity index (χ0n) is 20.8. The molecule has 8 heteroatoms. The van der Waals surface area contributed by atoms with Crippen LogP contribution >= 0.6 is 0 Å². The number of hydrogen-bond donors (Lipinski definition) is 1. The van der Waals surface area contributed by atoms with Crippen LogP contribution in [0.15, 0.2) is 65.6 Å². The smallest absolute Gasteiger partial charge is 0.335 e. The van der Waals surface area contributed by atoms with Crippen molar-refractivity contribution >= 4 is 17.0 Å². The van der Waals surface area contributed by atoms with Gasteiger partial charge < -0.3 is 18.9 Å². The van der Waals surface area contributed by atoms with Crippen LogP contribution in [0.25, 0.3) is 33.3 Å². The third kappa shape index (κ3) is 4.14. The molecule has 6 rings (SSSR count). The fraction of sp³-hybridized carbons (Fsp3) is 0.241. The summed E-state index contributed by atoms with van der Waals surface area (Å²) in [6, 6.07) is 12.9. The van der Waals surface area contributed by atoms with Crippen molar-refractivity contribution in [1.29, 1.82) is 0 Å². The van der Waals surface area contributed by atoms with Crippen LogP contribution in [0.1, 0.15) is 53.3 Å². The summed E-state index contributed by atoms with van der Waals surface area (Å²) < 4.78 is 13.7. The van der Waals surface area contributed by atoms with Gasteiger partial charge in [0, 0.05) is 46.2 Å². The van der Waals surface area contributed by atoms with E-state index < -0.39 is 5.97 Å². The number of aromatic nitrogens is 4. The molecule has 1 aromatic carbocycles. The van der Waals surface area contributed by atoms with Gasteiger partial charge in [0.15, 0.2) is 0 Å². The normalized spacial score (nSPS) is 14.1. The van der Waals surface area contributed by atoms with Gasteiger partial charge in [0.05, 0.1) is 29.1 Å². The van der Waals surface area contributed by atoms with Crippen molar-refractivity contribution in [2.24, 2.45) is 0 Å². The number of aryl methyl sites for hydroxylation is 2. The fourth-order valence-corrected chi connectivity index (χ4v) is 4.78. The number of rotatable bonds is 7. The number of hydrogen-bond acceptors (Lipinski definition) is 6. The Hall–Kier alpha value is -4.46. The molecule has 4 aromatic heterocycles. The first-order chi connectivity index (χ1) is 17.9. The van der Waals surface area contributed by atoms with Gasteiger partial charge in [-0.2, -0.15) is 0 Å². The van der Waals surface area contributed by atoms with E-state index in [0.29, 0.717) is 5.75 Å². The summed E-state index contributed by atoms with van der Waals surface area (Å²) in [5.74, 6) is 0.306. The fourth-order valence-electron chi connectivity index (χ4n) is 4.78.